The van der Waals surface area contributed by atoms with E-state index in [2.05, 4.69) is 5.32 Å². The summed E-state index contributed by atoms with van der Waals surface area (Å²) in [4.78, 5) is 26.4. The Morgan fingerprint density at radius 2 is 1.33 bits per heavy atom. The minimum atomic E-state index is -0.753. The number of benzene rings is 3. The number of hydrogen-bond acceptors (Lipinski definition) is 5. The fraction of sp³-hybridized carbons (Fsp3) is 0.0833. The molecule has 1 N–H and O–H groups in total. The van der Waals surface area contributed by atoms with E-state index >= 15 is 0 Å². The molecular weight excluding hydrogens is 380 g/mol. The number of esters is 1. The number of alkyl carbamates (subject to hydrolysis) is 1. The standard InChI is InChI=1S/C24H22N2O4/c1-29-23(27)22(25-24(28)30-18-19-11-5-2-6-12-19)17-26(20-13-7-3-8-14-20)21-15-9-4-10-16-21/h2-17H,18H2,1H3,(H,25,28)/b22-17+. The SMILES string of the molecule is COC(=O)/C(=C\N(c1ccccc1)c1ccccc1)NC(=O)OCc1ccccc1. The van der Waals surface area contributed by atoms with Gasteiger partial charge in [-0.25, -0.2) is 9.59 Å². The number of para-hydroxylation sites is 2. The maximum Gasteiger partial charge on any atom is 0.412 e. The van der Waals surface area contributed by atoms with Crippen molar-refractivity contribution >= 4 is 23.4 Å². The number of anilines is 2. The van der Waals surface area contributed by atoms with Gasteiger partial charge in [0.15, 0.2) is 0 Å². The molecule has 30 heavy (non-hydrogen) atoms. The number of carbonyl (C=O) groups is 2. The van der Waals surface area contributed by atoms with E-state index in [4.69, 9.17) is 9.47 Å². The lowest BCUT2D eigenvalue weighted by Crippen LogP contribution is -2.30. The molecule has 0 heterocycles. The highest BCUT2D eigenvalue weighted by Crippen LogP contribution is 2.26. The zero-order valence-corrected chi connectivity index (χ0v) is 16.5. The lowest BCUT2D eigenvalue weighted by molar-refractivity contribution is -0.136. The van der Waals surface area contributed by atoms with Gasteiger partial charge in [0.25, 0.3) is 0 Å². The van der Waals surface area contributed by atoms with Crippen molar-refractivity contribution in [1.82, 2.24) is 5.32 Å². The normalized spacial score (nSPS) is 10.8. The Hall–Kier alpha value is -4.06. The van der Waals surface area contributed by atoms with Crippen LogP contribution in [0, 0.1) is 0 Å². The first-order chi connectivity index (χ1) is 14.7. The van der Waals surface area contributed by atoms with Crippen LogP contribution in [0.2, 0.25) is 0 Å². The highest BCUT2D eigenvalue weighted by atomic mass is 16.6. The Balaban J connectivity index is 1.84. The smallest absolute Gasteiger partial charge is 0.412 e. The van der Waals surface area contributed by atoms with Crippen molar-refractivity contribution < 1.29 is 19.1 Å². The molecule has 6 heteroatoms. The number of hydrogen-bond donors (Lipinski definition) is 1. The molecule has 0 unspecified atom stereocenters. The second-order valence-electron chi connectivity index (χ2n) is 6.26. The third kappa shape index (κ3) is 5.72. The summed E-state index contributed by atoms with van der Waals surface area (Å²) in [6.45, 7) is 0.0855. The topological polar surface area (TPSA) is 67.9 Å². The molecule has 0 aliphatic heterocycles. The van der Waals surface area contributed by atoms with Gasteiger partial charge in [-0.3, -0.25) is 5.32 Å². The maximum atomic E-state index is 12.3. The van der Waals surface area contributed by atoms with Gasteiger partial charge in [-0.15, -0.1) is 0 Å². The van der Waals surface area contributed by atoms with E-state index in [1.54, 1.807) is 4.90 Å². The van der Waals surface area contributed by atoms with Crippen LogP contribution in [-0.2, 0) is 20.9 Å². The van der Waals surface area contributed by atoms with E-state index in [1.165, 1.54) is 13.3 Å². The number of ether oxygens (including phenoxy) is 2. The van der Waals surface area contributed by atoms with Gasteiger partial charge in [0.1, 0.15) is 12.3 Å². The Bertz CT molecular complexity index is 950. The summed E-state index contributed by atoms with van der Waals surface area (Å²) in [5.41, 5.74) is 2.41. The average molecular weight is 402 g/mol. The number of nitrogens with zero attached hydrogens (tertiary/aromatic N) is 1. The van der Waals surface area contributed by atoms with E-state index in [0.29, 0.717) is 0 Å². The van der Waals surface area contributed by atoms with E-state index < -0.39 is 12.1 Å². The van der Waals surface area contributed by atoms with Crippen LogP contribution in [0.5, 0.6) is 0 Å². The largest absolute Gasteiger partial charge is 0.464 e. The summed E-state index contributed by atoms with van der Waals surface area (Å²) in [7, 11) is 1.25. The lowest BCUT2D eigenvalue weighted by atomic mass is 10.2. The van der Waals surface area contributed by atoms with Gasteiger partial charge in [-0.1, -0.05) is 66.7 Å². The van der Waals surface area contributed by atoms with E-state index in [9.17, 15) is 9.59 Å². The van der Waals surface area contributed by atoms with Crippen LogP contribution < -0.4 is 10.2 Å². The van der Waals surface area contributed by atoms with Crippen molar-refractivity contribution in [3.05, 3.63) is 108 Å². The summed E-state index contributed by atoms with van der Waals surface area (Å²) < 4.78 is 10.1. The second-order valence-corrected chi connectivity index (χ2v) is 6.26. The minimum absolute atomic E-state index is 0.0525. The molecule has 3 rings (SSSR count). The predicted octanol–water partition coefficient (Wildman–Crippen LogP) is 4.77. The molecule has 1 amide bonds. The number of amides is 1. The third-order valence-electron chi connectivity index (χ3n) is 4.18. The third-order valence-corrected chi connectivity index (χ3v) is 4.18. The molecule has 3 aromatic carbocycles. The highest BCUT2D eigenvalue weighted by Gasteiger charge is 2.18. The number of carbonyl (C=O) groups excluding carboxylic acids is 2. The number of nitrogens with one attached hydrogen (secondary N) is 1. The quantitative estimate of drug-likeness (QED) is 0.456. The Labute approximate surface area is 175 Å². The van der Waals surface area contributed by atoms with Crippen molar-refractivity contribution in [1.29, 1.82) is 0 Å². The molecule has 0 atom stereocenters. The summed E-state index contributed by atoms with van der Waals surface area (Å²) in [6.07, 6.45) is 0.761. The molecule has 0 aliphatic carbocycles. The molecule has 0 radical (unpaired) electrons. The van der Waals surface area contributed by atoms with Crippen molar-refractivity contribution in [2.24, 2.45) is 0 Å². The molecule has 0 saturated heterocycles. The van der Waals surface area contributed by atoms with Crippen LogP contribution >= 0.6 is 0 Å². The van der Waals surface area contributed by atoms with Crippen LogP contribution in [-0.4, -0.2) is 19.2 Å². The summed E-state index contributed by atoms with van der Waals surface area (Å²) >= 11 is 0. The molecule has 0 aliphatic rings. The van der Waals surface area contributed by atoms with Gasteiger partial charge >= 0.3 is 12.1 Å². The maximum absolute atomic E-state index is 12.3. The second kappa shape index (κ2) is 10.5. The van der Waals surface area contributed by atoms with Gasteiger partial charge in [-0.05, 0) is 29.8 Å². The fourth-order valence-corrected chi connectivity index (χ4v) is 2.72. The first kappa shape index (κ1) is 20.7. The van der Waals surface area contributed by atoms with Crippen LogP contribution in [0.25, 0.3) is 0 Å². The van der Waals surface area contributed by atoms with Gasteiger partial charge in [0.2, 0.25) is 0 Å². The molecule has 152 valence electrons. The summed E-state index contributed by atoms with van der Waals surface area (Å²) in [6, 6.07) is 28.2. The monoisotopic (exact) mass is 402 g/mol. The first-order valence-electron chi connectivity index (χ1n) is 9.34. The predicted molar refractivity (Wildman–Crippen MR) is 115 cm³/mol. The molecule has 0 saturated carbocycles. The summed E-state index contributed by atoms with van der Waals surface area (Å²) in [5.74, 6) is -0.691. The van der Waals surface area contributed by atoms with Gasteiger partial charge in [-0.2, -0.15) is 0 Å². The first-order valence-corrected chi connectivity index (χ1v) is 9.34. The molecule has 0 fully saturated rings. The van der Waals surface area contributed by atoms with Gasteiger partial charge in [0.05, 0.1) is 7.11 Å². The molecule has 0 spiro atoms. The average Bonchev–Trinajstić information content (AvgIpc) is 2.81. The highest BCUT2D eigenvalue weighted by molar-refractivity contribution is 5.93. The molecule has 6 nitrogen and oxygen atoms in total. The molecule has 3 aromatic rings. The molecule has 0 bridgehead atoms. The fourth-order valence-electron chi connectivity index (χ4n) is 2.72. The van der Waals surface area contributed by atoms with E-state index in [-0.39, 0.29) is 12.3 Å². The van der Waals surface area contributed by atoms with E-state index in [1.807, 2.05) is 91.0 Å². The van der Waals surface area contributed by atoms with Gasteiger partial charge < -0.3 is 14.4 Å². The number of methoxy groups -OCH3 is 1. The minimum Gasteiger partial charge on any atom is -0.464 e. The zero-order valence-electron chi connectivity index (χ0n) is 16.5. The van der Waals surface area contributed by atoms with Gasteiger partial charge in [0, 0.05) is 17.6 Å². The van der Waals surface area contributed by atoms with E-state index in [0.717, 1.165) is 16.9 Å². The molecular formula is C24H22N2O4. The Morgan fingerprint density at radius 3 is 1.83 bits per heavy atom. The van der Waals surface area contributed by atoms with Crippen molar-refractivity contribution in [2.45, 2.75) is 6.61 Å². The van der Waals surface area contributed by atoms with Crippen LogP contribution in [0.15, 0.2) is 103 Å². The lowest BCUT2D eigenvalue weighted by Gasteiger charge is -2.22. The number of rotatable bonds is 7. The summed E-state index contributed by atoms with van der Waals surface area (Å²) in [5, 5.41) is 2.49. The molecule has 0 aromatic heterocycles. The van der Waals surface area contributed by atoms with Crippen LogP contribution in [0.1, 0.15) is 5.56 Å². The Kier molecular flexibility index (Phi) is 7.22. The zero-order chi connectivity index (χ0) is 21.2. The van der Waals surface area contributed by atoms with Crippen LogP contribution in [0.3, 0.4) is 0 Å². The Morgan fingerprint density at radius 1 is 0.833 bits per heavy atom. The van der Waals surface area contributed by atoms with Crippen molar-refractivity contribution in [3.63, 3.8) is 0 Å². The van der Waals surface area contributed by atoms with Crippen LogP contribution in [0.4, 0.5) is 16.2 Å². The van der Waals surface area contributed by atoms with Crippen molar-refractivity contribution in [2.75, 3.05) is 12.0 Å². The van der Waals surface area contributed by atoms with Crippen molar-refractivity contribution in [3.8, 4) is 0 Å².